The lowest BCUT2D eigenvalue weighted by Gasteiger charge is -2.25. The number of anilines is 2. The van der Waals surface area contributed by atoms with Gasteiger partial charge in [0.15, 0.2) is 0 Å². The van der Waals surface area contributed by atoms with Gasteiger partial charge in [-0.3, -0.25) is 9.10 Å². The molecular weight excluding hydrogens is 348 g/mol. The summed E-state index contributed by atoms with van der Waals surface area (Å²) in [4.78, 5) is 14.5. The molecule has 138 valence electrons. The van der Waals surface area contributed by atoms with E-state index < -0.39 is 10.0 Å². The summed E-state index contributed by atoms with van der Waals surface area (Å²) in [6.07, 6.45) is 1.93. The van der Waals surface area contributed by atoms with E-state index in [1.807, 2.05) is 36.4 Å². The molecule has 0 spiro atoms. The van der Waals surface area contributed by atoms with Gasteiger partial charge in [-0.1, -0.05) is 44.2 Å². The zero-order valence-electron chi connectivity index (χ0n) is 15.3. The third-order valence-corrected chi connectivity index (χ3v) is 5.86. The van der Waals surface area contributed by atoms with Gasteiger partial charge in [0.1, 0.15) is 6.54 Å². The molecule has 0 saturated carbocycles. The summed E-state index contributed by atoms with van der Waals surface area (Å²) in [7, 11) is -3.57. The van der Waals surface area contributed by atoms with Crippen molar-refractivity contribution in [2.75, 3.05) is 28.6 Å². The van der Waals surface area contributed by atoms with Crippen molar-refractivity contribution in [3.63, 3.8) is 0 Å². The summed E-state index contributed by atoms with van der Waals surface area (Å²) in [6.45, 7) is 4.55. The second kappa shape index (κ2) is 7.11. The number of hydrogen-bond donors (Lipinski definition) is 0. The molecule has 0 radical (unpaired) electrons. The average Bonchev–Trinajstić information content (AvgIpc) is 3.03. The molecule has 2 aromatic carbocycles. The van der Waals surface area contributed by atoms with Gasteiger partial charge in [0.25, 0.3) is 0 Å². The Morgan fingerprint density at radius 2 is 1.77 bits per heavy atom. The summed E-state index contributed by atoms with van der Waals surface area (Å²) in [5.41, 5.74) is 3.63. The van der Waals surface area contributed by atoms with Crippen LogP contribution in [0.2, 0.25) is 0 Å². The second-order valence-electron chi connectivity index (χ2n) is 6.94. The maximum absolute atomic E-state index is 12.8. The van der Waals surface area contributed by atoms with Crippen molar-refractivity contribution < 1.29 is 13.2 Å². The van der Waals surface area contributed by atoms with Crippen molar-refractivity contribution in [3.05, 3.63) is 59.7 Å². The molecule has 1 heterocycles. The van der Waals surface area contributed by atoms with Crippen LogP contribution < -0.4 is 9.21 Å². The minimum Gasteiger partial charge on any atom is -0.310 e. The normalized spacial score (nSPS) is 13.8. The topological polar surface area (TPSA) is 57.7 Å². The third kappa shape index (κ3) is 3.75. The zero-order valence-corrected chi connectivity index (χ0v) is 16.2. The van der Waals surface area contributed by atoms with Crippen molar-refractivity contribution in [2.24, 2.45) is 0 Å². The van der Waals surface area contributed by atoms with Gasteiger partial charge in [0.05, 0.1) is 11.9 Å². The summed E-state index contributed by atoms with van der Waals surface area (Å²) < 4.78 is 25.8. The molecule has 1 aliphatic rings. The number of fused-ring (bicyclic) bond motifs is 1. The van der Waals surface area contributed by atoms with Crippen LogP contribution in [-0.4, -0.2) is 33.7 Å². The van der Waals surface area contributed by atoms with Gasteiger partial charge < -0.3 is 4.90 Å². The molecular formula is C20H24N2O3S. The second-order valence-corrected chi connectivity index (χ2v) is 8.85. The minimum atomic E-state index is -3.57. The maximum Gasteiger partial charge on any atom is 0.247 e. The molecule has 3 rings (SSSR count). The Hall–Kier alpha value is -2.34. The average molecular weight is 372 g/mol. The number of benzene rings is 2. The van der Waals surface area contributed by atoms with E-state index in [0.29, 0.717) is 18.2 Å². The first-order chi connectivity index (χ1) is 12.3. The fraction of sp³-hybridized carbons (Fsp3) is 0.350. The van der Waals surface area contributed by atoms with Crippen LogP contribution in [-0.2, 0) is 21.2 Å². The summed E-state index contributed by atoms with van der Waals surface area (Å²) >= 11 is 0. The number of nitrogens with zero attached hydrogens (tertiary/aromatic N) is 2. The van der Waals surface area contributed by atoms with Gasteiger partial charge in [0.2, 0.25) is 15.9 Å². The highest BCUT2D eigenvalue weighted by atomic mass is 32.2. The molecule has 0 fully saturated rings. The molecule has 26 heavy (non-hydrogen) atoms. The Bertz CT molecular complexity index is 905. The predicted molar refractivity (Wildman–Crippen MR) is 105 cm³/mol. The number of amides is 1. The minimum absolute atomic E-state index is 0.200. The monoisotopic (exact) mass is 372 g/mol. The first-order valence-corrected chi connectivity index (χ1v) is 10.6. The number of carbonyl (C=O) groups excluding carboxylic acids is 1. The largest absolute Gasteiger partial charge is 0.310 e. The van der Waals surface area contributed by atoms with Crippen LogP contribution in [0.25, 0.3) is 0 Å². The summed E-state index contributed by atoms with van der Waals surface area (Å²) in [5, 5.41) is 0. The summed E-state index contributed by atoms with van der Waals surface area (Å²) in [6, 6.07) is 15.1. The van der Waals surface area contributed by atoms with Gasteiger partial charge in [-0.25, -0.2) is 8.42 Å². The van der Waals surface area contributed by atoms with Crippen LogP contribution in [0.5, 0.6) is 0 Å². The van der Waals surface area contributed by atoms with Gasteiger partial charge in [-0.15, -0.1) is 0 Å². The molecule has 0 saturated heterocycles. The number of hydrogen-bond acceptors (Lipinski definition) is 3. The highest BCUT2D eigenvalue weighted by Crippen LogP contribution is 2.28. The number of para-hydroxylation sites is 1. The van der Waals surface area contributed by atoms with Crippen molar-refractivity contribution in [1.29, 1.82) is 0 Å². The Morgan fingerprint density at radius 3 is 2.38 bits per heavy atom. The van der Waals surface area contributed by atoms with Crippen LogP contribution in [0, 0.1) is 0 Å². The van der Waals surface area contributed by atoms with Crippen molar-refractivity contribution in [1.82, 2.24) is 0 Å². The van der Waals surface area contributed by atoms with Crippen LogP contribution in [0.3, 0.4) is 0 Å². The van der Waals surface area contributed by atoms with E-state index in [1.165, 1.54) is 4.31 Å². The predicted octanol–water partition coefficient (Wildman–Crippen LogP) is 3.17. The SMILES string of the molecule is CC(C)c1ccc(N(CC(=O)N2CCc3ccccc32)S(C)(=O)=O)cc1. The van der Waals surface area contributed by atoms with Crippen LogP contribution >= 0.6 is 0 Å². The molecule has 0 atom stereocenters. The van der Waals surface area contributed by atoms with Crippen molar-refractivity contribution >= 4 is 27.3 Å². The molecule has 0 bridgehead atoms. The lowest BCUT2D eigenvalue weighted by molar-refractivity contribution is -0.117. The quantitative estimate of drug-likeness (QED) is 0.810. The molecule has 5 nitrogen and oxygen atoms in total. The van der Waals surface area contributed by atoms with E-state index in [4.69, 9.17) is 0 Å². The Labute approximate surface area is 155 Å². The smallest absolute Gasteiger partial charge is 0.247 e. The zero-order chi connectivity index (χ0) is 18.9. The molecule has 0 unspecified atom stereocenters. The molecule has 0 aliphatic carbocycles. The van der Waals surface area contributed by atoms with Crippen LogP contribution in [0.4, 0.5) is 11.4 Å². The molecule has 0 aromatic heterocycles. The fourth-order valence-electron chi connectivity index (χ4n) is 3.23. The summed E-state index contributed by atoms with van der Waals surface area (Å²) in [5.74, 6) is 0.145. The Morgan fingerprint density at radius 1 is 1.12 bits per heavy atom. The lowest BCUT2D eigenvalue weighted by atomic mass is 10.0. The van der Waals surface area contributed by atoms with E-state index in [-0.39, 0.29) is 12.5 Å². The lowest BCUT2D eigenvalue weighted by Crippen LogP contribution is -2.42. The standard InChI is InChI=1S/C20H24N2O3S/c1-15(2)16-8-10-18(11-9-16)22(26(3,24)25)14-20(23)21-13-12-17-6-4-5-7-19(17)21/h4-11,15H,12-14H2,1-3H3. The van der Waals surface area contributed by atoms with Gasteiger partial charge in [-0.05, 0) is 41.7 Å². The van der Waals surface area contributed by atoms with E-state index in [1.54, 1.807) is 17.0 Å². The molecule has 6 heteroatoms. The Balaban J connectivity index is 1.85. The highest BCUT2D eigenvalue weighted by molar-refractivity contribution is 7.92. The molecule has 1 aliphatic heterocycles. The highest BCUT2D eigenvalue weighted by Gasteiger charge is 2.28. The van der Waals surface area contributed by atoms with Crippen LogP contribution in [0.1, 0.15) is 30.9 Å². The van der Waals surface area contributed by atoms with E-state index in [2.05, 4.69) is 13.8 Å². The van der Waals surface area contributed by atoms with Crippen molar-refractivity contribution in [3.8, 4) is 0 Å². The maximum atomic E-state index is 12.8. The van der Waals surface area contributed by atoms with E-state index in [0.717, 1.165) is 29.5 Å². The van der Waals surface area contributed by atoms with Gasteiger partial charge in [-0.2, -0.15) is 0 Å². The van der Waals surface area contributed by atoms with Gasteiger partial charge in [0, 0.05) is 12.2 Å². The third-order valence-electron chi connectivity index (χ3n) is 4.72. The fourth-order valence-corrected chi connectivity index (χ4v) is 4.08. The molecule has 0 N–H and O–H groups in total. The number of sulfonamides is 1. The van der Waals surface area contributed by atoms with Crippen molar-refractivity contribution in [2.45, 2.75) is 26.2 Å². The van der Waals surface area contributed by atoms with E-state index in [9.17, 15) is 13.2 Å². The number of rotatable bonds is 5. The van der Waals surface area contributed by atoms with Gasteiger partial charge >= 0.3 is 0 Å². The van der Waals surface area contributed by atoms with Crippen LogP contribution in [0.15, 0.2) is 48.5 Å². The number of carbonyl (C=O) groups is 1. The molecule has 1 amide bonds. The molecule has 2 aromatic rings. The van der Waals surface area contributed by atoms with E-state index >= 15 is 0 Å². The Kier molecular flexibility index (Phi) is 5.05. The first-order valence-electron chi connectivity index (χ1n) is 8.73. The first kappa shape index (κ1) is 18.5.